The molecule has 158 valence electrons. The molecule has 1 amide bonds. The fourth-order valence-corrected chi connectivity index (χ4v) is 4.67. The standard InChI is InChI=1S/C25H24N2O3S/c1-16-13-14-17(2)23-21(16)26-25(31-23)27(15-18-9-6-5-7-10-18)24(28)19-11-8-12-20(29-3)22(19)30-4/h5-14H,15H2,1-4H3. The van der Waals surface area contributed by atoms with Crippen molar-refractivity contribution >= 4 is 32.6 Å². The summed E-state index contributed by atoms with van der Waals surface area (Å²) >= 11 is 1.53. The molecular formula is C25H24N2O3S. The molecule has 5 nitrogen and oxygen atoms in total. The van der Waals surface area contributed by atoms with Crippen LogP contribution in [-0.4, -0.2) is 25.1 Å². The van der Waals surface area contributed by atoms with Crippen LogP contribution in [0.15, 0.2) is 60.7 Å². The highest BCUT2D eigenvalue weighted by molar-refractivity contribution is 7.22. The first-order valence-corrected chi connectivity index (χ1v) is 10.8. The first-order valence-electron chi connectivity index (χ1n) is 9.97. The number of para-hydroxylation sites is 1. The molecule has 3 aromatic carbocycles. The van der Waals surface area contributed by atoms with Crippen molar-refractivity contribution < 1.29 is 14.3 Å². The number of nitrogens with zero attached hydrogens (tertiary/aromatic N) is 2. The van der Waals surface area contributed by atoms with Gasteiger partial charge in [-0.15, -0.1) is 0 Å². The molecule has 0 bridgehead atoms. The maximum Gasteiger partial charge on any atom is 0.264 e. The van der Waals surface area contributed by atoms with Crippen LogP contribution in [0.5, 0.6) is 11.5 Å². The Labute approximate surface area is 185 Å². The van der Waals surface area contributed by atoms with Crippen LogP contribution >= 0.6 is 11.3 Å². The minimum Gasteiger partial charge on any atom is -0.493 e. The summed E-state index contributed by atoms with van der Waals surface area (Å²) in [5.41, 5.74) is 4.63. The molecular weight excluding hydrogens is 408 g/mol. The lowest BCUT2D eigenvalue weighted by atomic mass is 10.1. The molecule has 1 aromatic heterocycles. The number of benzene rings is 3. The molecule has 1 heterocycles. The minimum absolute atomic E-state index is 0.186. The second-order valence-electron chi connectivity index (χ2n) is 7.29. The molecule has 0 fully saturated rings. The van der Waals surface area contributed by atoms with E-state index in [1.807, 2.05) is 37.3 Å². The molecule has 0 N–H and O–H groups in total. The number of amides is 1. The van der Waals surface area contributed by atoms with Crippen molar-refractivity contribution in [2.24, 2.45) is 0 Å². The number of fused-ring (bicyclic) bond motifs is 1. The molecule has 0 aliphatic carbocycles. The summed E-state index contributed by atoms with van der Waals surface area (Å²) in [7, 11) is 3.10. The van der Waals surface area contributed by atoms with E-state index in [2.05, 4.69) is 19.1 Å². The summed E-state index contributed by atoms with van der Waals surface area (Å²) in [5, 5.41) is 0.658. The van der Waals surface area contributed by atoms with Gasteiger partial charge in [-0.2, -0.15) is 0 Å². The lowest BCUT2D eigenvalue weighted by Crippen LogP contribution is -2.30. The number of rotatable bonds is 6. The second kappa shape index (κ2) is 8.78. The van der Waals surface area contributed by atoms with Crippen LogP contribution in [0.3, 0.4) is 0 Å². The lowest BCUT2D eigenvalue weighted by Gasteiger charge is -2.22. The molecule has 6 heteroatoms. The molecule has 0 spiro atoms. The smallest absolute Gasteiger partial charge is 0.264 e. The monoisotopic (exact) mass is 432 g/mol. The molecule has 0 saturated heterocycles. The zero-order valence-electron chi connectivity index (χ0n) is 18.0. The highest BCUT2D eigenvalue weighted by Gasteiger charge is 2.26. The molecule has 0 unspecified atom stereocenters. The van der Waals surface area contributed by atoms with Crippen molar-refractivity contribution in [2.75, 3.05) is 19.1 Å². The fraction of sp³-hybridized carbons (Fsp3) is 0.200. The zero-order valence-corrected chi connectivity index (χ0v) is 18.8. The number of carbonyl (C=O) groups is 1. The lowest BCUT2D eigenvalue weighted by molar-refractivity contribution is 0.0981. The quantitative estimate of drug-likeness (QED) is 0.388. The van der Waals surface area contributed by atoms with E-state index in [-0.39, 0.29) is 5.91 Å². The van der Waals surface area contributed by atoms with Crippen molar-refractivity contribution in [3.8, 4) is 11.5 Å². The number of thiazole rings is 1. The Morgan fingerprint density at radius 1 is 0.935 bits per heavy atom. The topological polar surface area (TPSA) is 51.7 Å². The number of aryl methyl sites for hydroxylation is 2. The van der Waals surface area contributed by atoms with Crippen molar-refractivity contribution in [1.29, 1.82) is 0 Å². The maximum atomic E-state index is 13.8. The van der Waals surface area contributed by atoms with Crippen LogP contribution in [0.2, 0.25) is 0 Å². The zero-order chi connectivity index (χ0) is 22.0. The Kier molecular flexibility index (Phi) is 5.91. The molecule has 31 heavy (non-hydrogen) atoms. The van der Waals surface area contributed by atoms with E-state index < -0.39 is 0 Å². The van der Waals surface area contributed by atoms with Crippen LogP contribution in [0.1, 0.15) is 27.0 Å². The highest BCUT2D eigenvalue weighted by Crippen LogP contribution is 2.37. The van der Waals surface area contributed by atoms with Crippen molar-refractivity contribution in [3.63, 3.8) is 0 Å². The van der Waals surface area contributed by atoms with Crippen LogP contribution in [0, 0.1) is 13.8 Å². The van der Waals surface area contributed by atoms with Gasteiger partial charge >= 0.3 is 0 Å². The number of aromatic nitrogens is 1. The fourth-order valence-electron chi connectivity index (χ4n) is 3.56. The van der Waals surface area contributed by atoms with Gasteiger partial charge < -0.3 is 9.47 Å². The summed E-state index contributed by atoms with van der Waals surface area (Å²) in [4.78, 5) is 20.4. The van der Waals surface area contributed by atoms with E-state index in [0.717, 1.165) is 26.9 Å². The third kappa shape index (κ3) is 3.99. The van der Waals surface area contributed by atoms with Gasteiger partial charge in [-0.25, -0.2) is 4.98 Å². The van der Waals surface area contributed by atoms with Gasteiger partial charge in [-0.3, -0.25) is 9.69 Å². The molecule has 0 aliphatic rings. The number of carbonyl (C=O) groups excluding carboxylic acids is 1. The van der Waals surface area contributed by atoms with Crippen LogP contribution in [-0.2, 0) is 6.54 Å². The number of hydrogen-bond acceptors (Lipinski definition) is 5. The normalized spacial score (nSPS) is 10.8. The summed E-state index contributed by atoms with van der Waals surface area (Å²) < 4.78 is 12.0. The van der Waals surface area contributed by atoms with Gasteiger partial charge in [-0.1, -0.05) is 59.9 Å². The van der Waals surface area contributed by atoms with Crippen LogP contribution in [0.4, 0.5) is 5.13 Å². The first-order chi connectivity index (χ1) is 15.0. The minimum atomic E-state index is -0.186. The Morgan fingerprint density at radius 2 is 1.68 bits per heavy atom. The second-order valence-corrected chi connectivity index (χ2v) is 8.27. The Hall–Kier alpha value is -3.38. The summed E-state index contributed by atoms with van der Waals surface area (Å²) in [6.45, 7) is 4.51. The van der Waals surface area contributed by atoms with Gasteiger partial charge in [0.05, 0.1) is 36.5 Å². The van der Waals surface area contributed by atoms with E-state index in [9.17, 15) is 4.79 Å². The summed E-state index contributed by atoms with van der Waals surface area (Å²) in [5.74, 6) is 0.750. The molecule has 0 saturated carbocycles. The van der Waals surface area contributed by atoms with Gasteiger partial charge in [0.1, 0.15) is 0 Å². The predicted molar refractivity (Wildman–Crippen MR) is 126 cm³/mol. The summed E-state index contributed by atoms with van der Waals surface area (Å²) in [6.07, 6.45) is 0. The SMILES string of the molecule is COc1cccc(C(=O)N(Cc2ccccc2)c2nc3c(C)ccc(C)c3s2)c1OC. The number of ether oxygens (including phenoxy) is 2. The largest absolute Gasteiger partial charge is 0.493 e. The van der Waals surface area contributed by atoms with Crippen LogP contribution in [0.25, 0.3) is 10.2 Å². The van der Waals surface area contributed by atoms with E-state index >= 15 is 0 Å². The summed E-state index contributed by atoms with van der Waals surface area (Å²) in [6, 6.07) is 19.4. The van der Waals surface area contributed by atoms with Gasteiger partial charge in [0, 0.05) is 0 Å². The molecule has 4 rings (SSSR count). The van der Waals surface area contributed by atoms with E-state index in [1.54, 1.807) is 37.3 Å². The molecule has 0 aliphatic heterocycles. The third-order valence-electron chi connectivity index (χ3n) is 5.22. The Balaban J connectivity index is 1.85. The number of anilines is 1. The van der Waals surface area contributed by atoms with E-state index in [4.69, 9.17) is 14.5 Å². The van der Waals surface area contributed by atoms with Gasteiger partial charge in [0.2, 0.25) is 0 Å². The Morgan fingerprint density at radius 3 is 2.35 bits per heavy atom. The number of hydrogen-bond donors (Lipinski definition) is 0. The Bertz CT molecular complexity index is 1200. The van der Waals surface area contributed by atoms with Gasteiger partial charge in [-0.05, 0) is 42.7 Å². The third-order valence-corrected chi connectivity index (χ3v) is 6.44. The van der Waals surface area contributed by atoms with Crippen LogP contribution < -0.4 is 14.4 Å². The van der Waals surface area contributed by atoms with Gasteiger partial charge in [0.25, 0.3) is 5.91 Å². The average molecular weight is 433 g/mol. The van der Waals surface area contributed by atoms with Crippen molar-refractivity contribution in [2.45, 2.75) is 20.4 Å². The molecule has 0 radical (unpaired) electrons. The van der Waals surface area contributed by atoms with E-state index in [1.165, 1.54) is 11.3 Å². The first kappa shape index (κ1) is 20.9. The average Bonchev–Trinajstić information content (AvgIpc) is 3.26. The van der Waals surface area contributed by atoms with E-state index in [0.29, 0.717) is 28.7 Å². The molecule has 0 atom stereocenters. The van der Waals surface area contributed by atoms with Crippen molar-refractivity contribution in [3.05, 3.63) is 82.9 Å². The van der Waals surface area contributed by atoms with Gasteiger partial charge in [0.15, 0.2) is 16.6 Å². The van der Waals surface area contributed by atoms with Crippen molar-refractivity contribution in [1.82, 2.24) is 4.98 Å². The number of methoxy groups -OCH3 is 2. The maximum absolute atomic E-state index is 13.8. The molecule has 4 aromatic rings. The highest BCUT2D eigenvalue weighted by atomic mass is 32.1. The predicted octanol–water partition coefficient (Wildman–Crippen LogP) is 5.78.